The number of nitrogens with two attached hydrogens (primary N) is 1. The summed E-state index contributed by atoms with van der Waals surface area (Å²) in [5, 5.41) is 0.542. The lowest BCUT2D eigenvalue weighted by Gasteiger charge is -2.39. The quantitative estimate of drug-likeness (QED) is 0.595. The maximum absolute atomic E-state index is 6.01. The Kier molecular flexibility index (Phi) is 2.19. The van der Waals surface area contributed by atoms with Crippen molar-refractivity contribution in [3.63, 3.8) is 0 Å². The molecule has 84 valence electrons. The number of hydrogen-bond acceptors (Lipinski definition) is 3. The van der Waals surface area contributed by atoms with E-state index in [0.29, 0.717) is 17.0 Å². The zero-order valence-electron chi connectivity index (χ0n) is 8.94. The summed E-state index contributed by atoms with van der Waals surface area (Å²) in [7, 11) is 0. The Morgan fingerprint density at radius 1 is 1.50 bits per heavy atom. The minimum atomic E-state index is 0.187. The van der Waals surface area contributed by atoms with Crippen molar-refractivity contribution >= 4 is 17.3 Å². The molecule has 0 amide bonds. The van der Waals surface area contributed by atoms with Crippen molar-refractivity contribution < 1.29 is 0 Å². The Morgan fingerprint density at radius 3 is 3.00 bits per heavy atom. The van der Waals surface area contributed by atoms with E-state index in [1.807, 2.05) is 12.1 Å². The molecule has 1 aliphatic heterocycles. The molecule has 3 atom stereocenters. The highest BCUT2D eigenvalue weighted by molar-refractivity contribution is 6.29. The number of rotatable bonds is 1. The highest BCUT2D eigenvalue weighted by Gasteiger charge is 2.48. The SMILES string of the molecule is C=C1C(N)C2CN(c3ccnc(Cl)c3)CC12. The maximum atomic E-state index is 6.01. The normalized spacial score (nSPS) is 32.5. The first-order chi connectivity index (χ1) is 7.66. The molecule has 1 aliphatic carbocycles. The van der Waals surface area contributed by atoms with E-state index >= 15 is 0 Å². The van der Waals surface area contributed by atoms with E-state index in [-0.39, 0.29) is 6.04 Å². The number of aromatic nitrogens is 1. The van der Waals surface area contributed by atoms with E-state index in [9.17, 15) is 0 Å². The molecule has 4 heteroatoms. The third kappa shape index (κ3) is 1.35. The average molecular weight is 236 g/mol. The van der Waals surface area contributed by atoms with Gasteiger partial charge in [0.25, 0.3) is 0 Å². The topological polar surface area (TPSA) is 42.1 Å². The summed E-state index contributed by atoms with van der Waals surface area (Å²) >= 11 is 5.89. The predicted octanol–water partition coefficient (Wildman–Crippen LogP) is 1.68. The molecule has 3 rings (SSSR count). The van der Waals surface area contributed by atoms with Gasteiger partial charge in [-0.15, -0.1) is 0 Å². The average Bonchev–Trinajstić information content (AvgIpc) is 2.69. The molecule has 1 aromatic heterocycles. The van der Waals surface area contributed by atoms with Crippen LogP contribution < -0.4 is 10.6 Å². The molecular formula is C12H14ClN3. The Balaban J connectivity index is 1.82. The Morgan fingerprint density at radius 2 is 2.31 bits per heavy atom. The Bertz CT molecular complexity index is 446. The molecule has 1 aromatic rings. The van der Waals surface area contributed by atoms with E-state index in [1.54, 1.807) is 6.20 Å². The number of hydrogen-bond donors (Lipinski definition) is 1. The number of nitrogens with zero attached hydrogens (tertiary/aromatic N) is 2. The summed E-state index contributed by atoms with van der Waals surface area (Å²) in [6, 6.07) is 4.08. The molecule has 0 bridgehead atoms. The highest BCUT2D eigenvalue weighted by atomic mass is 35.5. The fourth-order valence-corrected chi connectivity index (χ4v) is 2.96. The minimum absolute atomic E-state index is 0.187. The van der Waals surface area contributed by atoms with Crippen LogP contribution in [0.1, 0.15) is 0 Å². The lowest BCUT2D eigenvalue weighted by molar-refractivity contribution is 0.303. The second-order valence-electron chi connectivity index (χ2n) is 4.61. The molecule has 1 saturated heterocycles. The monoisotopic (exact) mass is 235 g/mol. The molecule has 2 heterocycles. The van der Waals surface area contributed by atoms with Gasteiger partial charge in [-0.2, -0.15) is 0 Å². The van der Waals surface area contributed by atoms with Gasteiger partial charge in [0.15, 0.2) is 0 Å². The van der Waals surface area contributed by atoms with Gasteiger partial charge in [0.2, 0.25) is 0 Å². The molecule has 16 heavy (non-hydrogen) atoms. The van der Waals surface area contributed by atoms with Gasteiger partial charge >= 0.3 is 0 Å². The van der Waals surface area contributed by atoms with Crippen LogP contribution in [0.3, 0.4) is 0 Å². The first-order valence-electron chi connectivity index (χ1n) is 5.47. The Hall–Kier alpha value is -1.06. The van der Waals surface area contributed by atoms with Crippen LogP contribution in [-0.2, 0) is 0 Å². The van der Waals surface area contributed by atoms with Crippen LogP contribution in [0.5, 0.6) is 0 Å². The summed E-state index contributed by atoms with van der Waals surface area (Å²) in [5.41, 5.74) is 8.35. The van der Waals surface area contributed by atoms with Gasteiger partial charge in [-0.3, -0.25) is 0 Å². The fraction of sp³-hybridized carbons (Fsp3) is 0.417. The van der Waals surface area contributed by atoms with Gasteiger partial charge in [-0.25, -0.2) is 4.98 Å². The van der Waals surface area contributed by atoms with Crippen molar-refractivity contribution in [1.29, 1.82) is 0 Å². The van der Waals surface area contributed by atoms with Crippen molar-refractivity contribution in [3.05, 3.63) is 35.6 Å². The first-order valence-corrected chi connectivity index (χ1v) is 5.85. The van der Waals surface area contributed by atoms with Crippen LogP contribution in [0.2, 0.25) is 5.15 Å². The number of anilines is 1. The fourth-order valence-electron chi connectivity index (χ4n) is 2.79. The molecule has 3 unspecified atom stereocenters. The largest absolute Gasteiger partial charge is 0.370 e. The number of halogens is 1. The Labute approximate surface area is 99.9 Å². The second-order valence-corrected chi connectivity index (χ2v) is 5.00. The molecule has 2 fully saturated rings. The van der Waals surface area contributed by atoms with Crippen LogP contribution in [0.4, 0.5) is 5.69 Å². The molecular weight excluding hydrogens is 222 g/mol. The minimum Gasteiger partial charge on any atom is -0.370 e. The summed E-state index contributed by atoms with van der Waals surface area (Å²) < 4.78 is 0. The number of pyridine rings is 1. The molecule has 2 N–H and O–H groups in total. The molecule has 1 saturated carbocycles. The van der Waals surface area contributed by atoms with Crippen LogP contribution in [-0.4, -0.2) is 24.1 Å². The first kappa shape index (κ1) is 10.1. The molecule has 0 radical (unpaired) electrons. The van der Waals surface area contributed by atoms with Crippen molar-refractivity contribution in [2.75, 3.05) is 18.0 Å². The number of fused-ring (bicyclic) bond motifs is 1. The molecule has 2 aliphatic rings. The standard InChI is InChI=1S/C12H14ClN3/c1-7-9-5-16(6-10(9)12(7)14)8-2-3-15-11(13)4-8/h2-4,9-10,12H,1,5-6,14H2. The summed E-state index contributed by atoms with van der Waals surface area (Å²) in [5.74, 6) is 1.14. The summed E-state index contributed by atoms with van der Waals surface area (Å²) in [6.07, 6.45) is 1.74. The highest BCUT2D eigenvalue weighted by Crippen LogP contribution is 2.44. The van der Waals surface area contributed by atoms with Gasteiger partial charge < -0.3 is 10.6 Å². The van der Waals surface area contributed by atoms with Crippen molar-refractivity contribution in [1.82, 2.24) is 4.98 Å². The van der Waals surface area contributed by atoms with E-state index in [1.165, 1.54) is 5.57 Å². The van der Waals surface area contributed by atoms with Gasteiger partial charge in [0.05, 0.1) is 0 Å². The predicted molar refractivity (Wildman–Crippen MR) is 65.6 cm³/mol. The van der Waals surface area contributed by atoms with Crippen LogP contribution in [0.15, 0.2) is 30.5 Å². The lowest BCUT2D eigenvalue weighted by Crippen LogP contribution is -2.48. The third-order valence-electron chi connectivity index (χ3n) is 3.81. The lowest BCUT2D eigenvalue weighted by atomic mass is 9.68. The van der Waals surface area contributed by atoms with Gasteiger partial charge in [0, 0.05) is 42.9 Å². The van der Waals surface area contributed by atoms with Gasteiger partial charge in [0.1, 0.15) is 5.15 Å². The summed E-state index contributed by atoms with van der Waals surface area (Å²) in [6.45, 7) is 6.06. The zero-order chi connectivity index (χ0) is 11.3. The van der Waals surface area contributed by atoms with Crippen LogP contribution in [0.25, 0.3) is 0 Å². The maximum Gasteiger partial charge on any atom is 0.131 e. The van der Waals surface area contributed by atoms with Gasteiger partial charge in [-0.05, 0) is 12.1 Å². The summed E-state index contributed by atoms with van der Waals surface area (Å²) in [4.78, 5) is 6.31. The van der Waals surface area contributed by atoms with Crippen LogP contribution in [0, 0.1) is 11.8 Å². The third-order valence-corrected chi connectivity index (χ3v) is 4.01. The smallest absolute Gasteiger partial charge is 0.131 e. The van der Waals surface area contributed by atoms with E-state index < -0.39 is 0 Å². The molecule has 3 nitrogen and oxygen atoms in total. The molecule has 0 aromatic carbocycles. The van der Waals surface area contributed by atoms with E-state index in [4.69, 9.17) is 17.3 Å². The molecule has 0 spiro atoms. The van der Waals surface area contributed by atoms with Crippen molar-refractivity contribution in [2.24, 2.45) is 17.6 Å². The second kappa shape index (κ2) is 3.47. The van der Waals surface area contributed by atoms with E-state index in [0.717, 1.165) is 18.8 Å². The van der Waals surface area contributed by atoms with Crippen LogP contribution >= 0.6 is 11.6 Å². The van der Waals surface area contributed by atoms with Crippen molar-refractivity contribution in [3.8, 4) is 0 Å². The van der Waals surface area contributed by atoms with Gasteiger partial charge in [-0.1, -0.05) is 23.8 Å². The van der Waals surface area contributed by atoms with E-state index in [2.05, 4.69) is 16.5 Å². The zero-order valence-corrected chi connectivity index (χ0v) is 9.69. The van der Waals surface area contributed by atoms with Crippen molar-refractivity contribution in [2.45, 2.75) is 6.04 Å².